The highest BCUT2D eigenvalue weighted by molar-refractivity contribution is 5.92. The fraction of sp³-hybridized carbons (Fsp3) is 0.278. The molecule has 0 saturated carbocycles. The van der Waals surface area contributed by atoms with Gasteiger partial charge in [-0.05, 0) is 12.5 Å². The van der Waals surface area contributed by atoms with E-state index in [2.05, 4.69) is 15.4 Å². The Labute approximate surface area is 146 Å². The Morgan fingerprint density at radius 3 is 2.88 bits per heavy atom. The van der Waals surface area contributed by atoms with Gasteiger partial charge < -0.3 is 14.8 Å². The Kier molecular flexibility index (Phi) is 5.25. The van der Waals surface area contributed by atoms with Crippen LogP contribution in [-0.4, -0.2) is 41.1 Å². The highest BCUT2D eigenvalue weighted by Crippen LogP contribution is 2.31. The number of nitrogens with one attached hydrogen (secondary N) is 1. The lowest BCUT2D eigenvalue weighted by atomic mass is 10.0. The van der Waals surface area contributed by atoms with E-state index in [0.717, 1.165) is 5.56 Å². The molecular weight excluding hydrogens is 320 g/mol. The molecule has 1 aromatic heterocycles. The summed E-state index contributed by atoms with van der Waals surface area (Å²) in [6.45, 7) is 2.32. The van der Waals surface area contributed by atoms with Gasteiger partial charge in [-0.2, -0.15) is 10.1 Å². The highest BCUT2D eigenvalue weighted by atomic mass is 16.5. The largest absolute Gasteiger partial charge is 0.463 e. The molecule has 0 fully saturated rings. The van der Waals surface area contributed by atoms with E-state index in [4.69, 9.17) is 9.47 Å². The number of carbonyl (C=O) groups is 1. The molecule has 0 aliphatic carbocycles. The minimum absolute atomic E-state index is 0.247. The van der Waals surface area contributed by atoms with Gasteiger partial charge in [0.15, 0.2) is 0 Å². The molecule has 1 aromatic carbocycles. The van der Waals surface area contributed by atoms with Gasteiger partial charge in [0.2, 0.25) is 5.95 Å². The molecule has 0 radical (unpaired) electrons. The van der Waals surface area contributed by atoms with E-state index >= 15 is 0 Å². The van der Waals surface area contributed by atoms with Gasteiger partial charge in [0.25, 0.3) is 0 Å². The monoisotopic (exact) mass is 340 g/mol. The van der Waals surface area contributed by atoms with E-state index < -0.39 is 12.0 Å². The lowest BCUT2D eigenvalue weighted by molar-refractivity contribution is -0.139. The number of aromatic nitrogens is 3. The second-order valence-corrected chi connectivity index (χ2v) is 5.41. The van der Waals surface area contributed by atoms with Gasteiger partial charge in [0, 0.05) is 7.11 Å². The second kappa shape index (κ2) is 7.76. The summed E-state index contributed by atoms with van der Waals surface area (Å²) >= 11 is 0. The first-order valence-electron chi connectivity index (χ1n) is 8.03. The van der Waals surface area contributed by atoms with E-state index in [1.807, 2.05) is 42.5 Å². The van der Waals surface area contributed by atoms with Crippen molar-refractivity contribution in [1.82, 2.24) is 14.8 Å². The molecule has 1 aliphatic rings. The van der Waals surface area contributed by atoms with Crippen molar-refractivity contribution in [2.45, 2.75) is 13.0 Å². The third kappa shape index (κ3) is 3.61. The summed E-state index contributed by atoms with van der Waals surface area (Å²) in [5.74, 6) is 0.161. The van der Waals surface area contributed by atoms with Crippen LogP contribution in [0.3, 0.4) is 0 Å². The van der Waals surface area contributed by atoms with E-state index in [-0.39, 0.29) is 6.61 Å². The van der Waals surface area contributed by atoms with Gasteiger partial charge in [0.1, 0.15) is 12.4 Å². The standard InChI is InChI=1S/C18H20N4O3/c1-3-25-17(23)16-14(11-24-2)21-18-19-12-20-22(18)15(16)10-9-13-7-5-4-6-8-13/h4-10,12,15H,3,11H2,1-2H3,(H,19,20,21)/b10-9+. The molecular formula is C18H20N4O3. The maximum atomic E-state index is 12.6. The summed E-state index contributed by atoms with van der Waals surface area (Å²) in [7, 11) is 1.58. The number of hydrogen-bond acceptors (Lipinski definition) is 6. The van der Waals surface area contributed by atoms with E-state index in [1.54, 1.807) is 18.7 Å². The zero-order valence-electron chi connectivity index (χ0n) is 14.2. The predicted octanol–water partition coefficient (Wildman–Crippen LogP) is 2.42. The van der Waals surface area contributed by atoms with Gasteiger partial charge in [-0.3, -0.25) is 0 Å². The van der Waals surface area contributed by atoms with Crippen LogP contribution in [-0.2, 0) is 14.3 Å². The average Bonchev–Trinajstić information content (AvgIpc) is 3.09. The van der Waals surface area contributed by atoms with E-state index in [0.29, 0.717) is 23.8 Å². The normalized spacial score (nSPS) is 16.6. The number of esters is 1. The molecule has 7 nitrogen and oxygen atoms in total. The first-order valence-corrected chi connectivity index (χ1v) is 8.03. The molecule has 2 heterocycles. The second-order valence-electron chi connectivity index (χ2n) is 5.41. The first-order chi connectivity index (χ1) is 12.2. The predicted molar refractivity (Wildman–Crippen MR) is 93.7 cm³/mol. The van der Waals surface area contributed by atoms with Crippen LogP contribution in [0.15, 0.2) is 54.0 Å². The third-order valence-electron chi connectivity index (χ3n) is 3.77. The molecule has 1 N–H and O–H groups in total. The molecule has 1 unspecified atom stereocenters. The molecule has 25 heavy (non-hydrogen) atoms. The van der Waals surface area contributed by atoms with Crippen molar-refractivity contribution in [2.24, 2.45) is 0 Å². The molecule has 1 aliphatic heterocycles. The van der Waals surface area contributed by atoms with Crippen LogP contribution in [0.1, 0.15) is 18.5 Å². The minimum Gasteiger partial charge on any atom is -0.463 e. The highest BCUT2D eigenvalue weighted by Gasteiger charge is 2.32. The fourth-order valence-corrected chi connectivity index (χ4v) is 2.70. The van der Waals surface area contributed by atoms with Crippen LogP contribution in [0.4, 0.5) is 5.95 Å². The molecule has 0 amide bonds. The number of benzene rings is 1. The van der Waals surface area contributed by atoms with Crippen molar-refractivity contribution < 1.29 is 14.3 Å². The summed E-state index contributed by atoms with van der Waals surface area (Å²) in [6, 6.07) is 9.43. The number of fused-ring (bicyclic) bond motifs is 1. The number of allylic oxidation sites excluding steroid dienone is 1. The minimum atomic E-state index is -0.428. The van der Waals surface area contributed by atoms with Gasteiger partial charge >= 0.3 is 5.97 Å². The molecule has 1 atom stereocenters. The van der Waals surface area contributed by atoms with Crippen LogP contribution in [0.5, 0.6) is 0 Å². The maximum absolute atomic E-state index is 12.6. The summed E-state index contributed by atoms with van der Waals surface area (Å²) in [5.41, 5.74) is 2.12. The van der Waals surface area contributed by atoms with Crippen molar-refractivity contribution in [3.8, 4) is 0 Å². The van der Waals surface area contributed by atoms with Crippen molar-refractivity contribution in [1.29, 1.82) is 0 Å². The zero-order valence-corrected chi connectivity index (χ0v) is 14.2. The van der Waals surface area contributed by atoms with Crippen LogP contribution in [0, 0.1) is 0 Å². The SMILES string of the molecule is CCOC(=O)C1=C(COC)Nc2ncnn2C1/C=C/c1ccccc1. The van der Waals surface area contributed by atoms with Crippen molar-refractivity contribution in [3.63, 3.8) is 0 Å². The summed E-state index contributed by atoms with van der Waals surface area (Å²) < 4.78 is 12.1. The average molecular weight is 340 g/mol. The molecule has 7 heteroatoms. The van der Waals surface area contributed by atoms with E-state index in [1.165, 1.54) is 6.33 Å². The summed E-state index contributed by atoms with van der Waals surface area (Å²) in [6.07, 6.45) is 5.31. The fourth-order valence-electron chi connectivity index (χ4n) is 2.70. The Bertz CT molecular complexity index is 796. The van der Waals surface area contributed by atoms with Gasteiger partial charge in [-0.15, -0.1) is 0 Å². The van der Waals surface area contributed by atoms with Crippen LogP contribution in [0.2, 0.25) is 0 Å². The number of nitrogens with zero attached hydrogens (tertiary/aromatic N) is 3. The molecule has 0 bridgehead atoms. The zero-order chi connectivity index (χ0) is 17.6. The van der Waals surface area contributed by atoms with Gasteiger partial charge in [-0.25, -0.2) is 9.48 Å². The lowest BCUT2D eigenvalue weighted by Crippen LogP contribution is -2.30. The molecule has 0 saturated heterocycles. The number of hydrogen-bond donors (Lipinski definition) is 1. The van der Waals surface area contributed by atoms with Crippen molar-refractivity contribution >= 4 is 18.0 Å². The van der Waals surface area contributed by atoms with Crippen molar-refractivity contribution in [2.75, 3.05) is 25.6 Å². The quantitative estimate of drug-likeness (QED) is 0.814. The van der Waals surface area contributed by atoms with Crippen molar-refractivity contribution in [3.05, 3.63) is 59.6 Å². The first kappa shape index (κ1) is 16.9. The molecule has 0 spiro atoms. The smallest absolute Gasteiger partial charge is 0.338 e. The number of ether oxygens (including phenoxy) is 2. The van der Waals surface area contributed by atoms with Gasteiger partial charge in [0.05, 0.1) is 24.5 Å². The number of rotatable bonds is 6. The van der Waals surface area contributed by atoms with E-state index in [9.17, 15) is 4.79 Å². The van der Waals surface area contributed by atoms with Crippen LogP contribution < -0.4 is 5.32 Å². The summed E-state index contributed by atoms with van der Waals surface area (Å²) in [5, 5.41) is 7.35. The third-order valence-corrected chi connectivity index (χ3v) is 3.77. The maximum Gasteiger partial charge on any atom is 0.338 e. The summed E-state index contributed by atoms with van der Waals surface area (Å²) in [4.78, 5) is 16.8. The lowest BCUT2D eigenvalue weighted by Gasteiger charge is -2.27. The number of methoxy groups -OCH3 is 1. The Hall–Kier alpha value is -2.93. The topological polar surface area (TPSA) is 78.3 Å². The Balaban J connectivity index is 2.03. The number of anilines is 1. The van der Waals surface area contributed by atoms with Gasteiger partial charge in [-0.1, -0.05) is 42.5 Å². The molecule has 3 rings (SSSR count). The van der Waals surface area contributed by atoms with Crippen LogP contribution in [0.25, 0.3) is 6.08 Å². The molecule has 2 aromatic rings. The number of carbonyl (C=O) groups excluding carboxylic acids is 1. The molecule has 130 valence electrons. The Morgan fingerprint density at radius 1 is 1.36 bits per heavy atom. The Morgan fingerprint density at radius 2 is 2.16 bits per heavy atom. The van der Waals surface area contributed by atoms with Crippen LogP contribution >= 0.6 is 0 Å².